The van der Waals surface area contributed by atoms with E-state index in [2.05, 4.69) is 32.2 Å². The van der Waals surface area contributed by atoms with Gasteiger partial charge in [0.2, 0.25) is 5.91 Å². The summed E-state index contributed by atoms with van der Waals surface area (Å²) in [5.74, 6) is -0.361. The molecule has 1 heterocycles. The molecule has 1 saturated heterocycles. The fraction of sp³-hybridized carbons (Fsp3) is 0.296. The lowest BCUT2D eigenvalue weighted by molar-refractivity contribution is -0.119. The number of nitrogens with one attached hydrogen (secondary N) is 1. The minimum Gasteiger partial charge on any atom is -0.350 e. The molecule has 1 amide bonds. The second-order valence-electron chi connectivity index (χ2n) is 8.83. The highest BCUT2D eigenvalue weighted by molar-refractivity contribution is 9.10. The Kier molecular flexibility index (Phi) is 8.26. The van der Waals surface area contributed by atoms with Crippen LogP contribution >= 0.6 is 15.9 Å². The standard InChI is InChI=1S/C27H30BrN3O3S/c1-21-8-14-26(15-9-21)35(33,34)31(25-12-10-24(28)11-13-25)20-27(32)29-18-22-6-2-3-7-23(22)19-30-16-4-5-17-30/h2-3,6-15H,4-5,16-20H2,1H3,(H,29,32). The fourth-order valence-electron chi connectivity index (χ4n) is 4.21. The first-order valence-electron chi connectivity index (χ1n) is 11.7. The summed E-state index contributed by atoms with van der Waals surface area (Å²) >= 11 is 3.39. The number of sulfonamides is 1. The summed E-state index contributed by atoms with van der Waals surface area (Å²) < 4.78 is 29.0. The maximum atomic E-state index is 13.5. The van der Waals surface area contributed by atoms with Gasteiger partial charge in [0, 0.05) is 17.6 Å². The molecule has 1 aliphatic heterocycles. The van der Waals surface area contributed by atoms with Crippen molar-refractivity contribution in [2.45, 2.75) is 37.8 Å². The maximum Gasteiger partial charge on any atom is 0.264 e. The molecule has 0 saturated carbocycles. The summed E-state index contributed by atoms with van der Waals surface area (Å²) in [5.41, 5.74) is 3.62. The quantitative estimate of drug-likeness (QED) is 0.409. The fourth-order valence-corrected chi connectivity index (χ4v) is 5.89. The van der Waals surface area contributed by atoms with E-state index in [1.54, 1.807) is 48.5 Å². The number of carbonyl (C=O) groups excluding carboxylic acids is 1. The Morgan fingerprint density at radius 2 is 1.57 bits per heavy atom. The largest absolute Gasteiger partial charge is 0.350 e. The van der Waals surface area contributed by atoms with Crippen molar-refractivity contribution in [3.8, 4) is 0 Å². The van der Waals surface area contributed by atoms with Crippen molar-refractivity contribution in [3.63, 3.8) is 0 Å². The minimum absolute atomic E-state index is 0.148. The monoisotopic (exact) mass is 555 g/mol. The van der Waals surface area contributed by atoms with E-state index in [1.807, 2.05) is 25.1 Å². The van der Waals surface area contributed by atoms with Crippen LogP contribution in [0.2, 0.25) is 0 Å². The number of carbonyl (C=O) groups is 1. The van der Waals surface area contributed by atoms with Crippen LogP contribution in [0.4, 0.5) is 5.69 Å². The first kappa shape index (κ1) is 25.4. The van der Waals surface area contributed by atoms with Crippen molar-refractivity contribution < 1.29 is 13.2 Å². The molecule has 0 aromatic heterocycles. The molecule has 1 fully saturated rings. The smallest absolute Gasteiger partial charge is 0.264 e. The van der Waals surface area contributed by atoms with Crippen LogP contribution in [0.1, 0.15) is 29.5 Å². The van der Waals surface area contributed by atoms with Crippen LogP contribution in [0.3, 0.4) is 0 Å². The molecule has 0 spiro atoms. The lowest BCUT2D eigenvalue weighted by Crippen LogP contribution is -2.40. The summed E-state index contributed by atoms with van der Waals surface area (Å²) in [5, 5.41) is 2.94. The number of amides is 1. The number of aryl methyl sites for hydroxylation is 1. The second kappa shape index (κ2) is 11.4. The van der Waals surface area contributed by atoms with Crippen LogP contribution in [-0.4, -0.2) is 38.9 Å². The van der Waals surface area contributed by atoms with E-state index < -0.39 is 10.0 Å². The molecule has 0 atom stereocenters. The predicted molar refractivity (Wildman–Crippen MR) is 143 cm³/mol. The van der Waals surface area contributed by atoms with E-state index in [9.17, 15) is 13.2 Å². The topological polar surface area (TPSA) is 69.7 Å². The second-order valence-corrected chi connectivity index (χ2v) is 11.6. The lowest BCUT2D eigenvalue weighted by Gasteiger charge is -2.24. The highest BCUT2D eigenvalue weighted by Gasteiger charge is 2.27. The van der Waals surface area contributed by atoms with E-state index in [1.165, 1.54) is 18.4 Å². The molecule has 1 N–H and O–H groups in total. The van der Waals surface area contributed by atoms with E-state index in [0.29, 0.717) is 12.2 Å². The van der Waals surface area contributed by atoms with Gasteiger partial charge >= 0.3 is 0 Å². The Bertz CT molecular complexity index is 1260. The molecule has 3 aromatic carbocycles. The molecule has 0 unspecified atom stereocenters. The number of nitrogens with zero attached hydrogens (tertiary/aromatic N) is 2. The van der Waals surface area contributed by atoms with Crippen molar-refractivity contribution in [1.82, 2.24) is 10.2 Å². The number of anilines is 1. The van der Waals surface area contributed by atoms with Gasteiger partial charge in [-0.1, -0.05) is 57.9 Å². The summed E-state index contributed by atoms with van der Waals surface area (Å²) in [4.78, 5) is 15.6. The molecule has 0 bridgehead atoms. The number of likely N-dealkylation sites (tertiary alicyclic amines) is 1. The predicted octanol–water partition coefficient (Wildman–Crippen LogP) is 4.87. The van der Waals surface area contributed by atoms with Crippen LogP contribution in [0.5, 0.6) is 0 Å². The normalized spacial score (nSPS) is 14.1. The van der Waals surface area contributed by atoms with Crippen molar-refractivity contribution >= 4 is 37.5 Å². The molecule has 184 valence electrons. The van der Waals surface area contributed by atoms with E-state index in [4.69, 9.17) is 0 Å². The van der Waals surface area contributed by atoms with Crippen molar-refractivity contribution in [3.05, 3.63) is 94.0 Å². The van der Waals surface area contributed by atoms with Crippen molar-refractivity contribution in [2.75, 3.05) is 23.9 Å². The zero-order chi connectivity index (χ0) is 24.8. The Morgan fingerprint density at radius 1 is 0.943 bits per heavy atom. The SMILES string of the molecule is Cc1ccc(S(=O)(=O)N(CC(=O)NCc2ccccc2CN2CCCC2)c2ccc(Br)cc2)cc1. The zero-order valence-electron chi connectivity index (χ0n) is 19.8. The van der Waals surface area contributed by atoms with Crippen molar-refractivity contribution in [1.29, 1.82) is 0 Å². The summed E-state index contributed by atoms with van der Waals surface area (Å²) in [6.07, 6.45) is 2.44. The number of hydrogen-bond donors (Lipinski definition) is 1. The first-order valence-corrected chi connectivity index (χ1v) is 14.0. The van der Waals surface area contributed by atoms with Gasteiger partial charge in [0.25, 0.3) is 10.0 Å². The Hall–Kier alpha value is -2.68. The average Bonchev–Trinajstić information content (AvgIpc) is 3.36. The van der Waals surface area contributed by atoms with Gasteiger partial charge in [-0.3, -0.25) is 14.0 Å². The maximum absolute atomic E-state index is 13.5. The molecule has 35 heavy (non-hydrogen) atoms. The summed E-state index contributed by atoms with van der Waals surface area (Å²) in [7, 11) is -3.94. The third-order valence-electron chi connectivity index (χ3n) is 6.20. The number of rotatable bonds is 9. The van der Waals surface area contributed by atoms with Crippen LogP contribution in [-0.2, 0) is 27.9 Å². The molecule has 0 radical (unpaired) electrons. The van der Waals surface area contributed by atoms with Gasteiger partial charge in [-0.25, -0.2) is 8.42 Å². The van der Waals surface area contributed by atoms with Gasteiger partial charge < -0.3 is 5.32 Å². The summed E-state index contributed by atoms with van der Waals surface area (Å²) in [6, 6.07) is 21.6. The molecular formula is C27H30BrN3O3S. The lowest BCUT2D eigenvalue weighted by atomic mass is 10.1. The Morgan fingerprint density at radius 3 is 2.23 bits per heavy atom. The first-order chi connectivity index (χ1) is 16.8. The molecule has 1 aliphatic rings. The number of hydrogen-bond acceptors (Lipinski definition) is 4. The average molecular weight is 557 g/mol. The molecule has 0 aliphatic carbocycles. The third-order valence-corrected chi connectivity index (χ3v) is 8.51. The van der Waals surface area contributed by atoms with Gasteiger partial charge in [-0.2, -0.15) is 0 Å². The van der Waals surface area contributed by atoms with Gasteiger partial charge in [0.05, 0.1) is 10.6 Å². The van der Waals surface area contributed by atoms with Crippen molar-refractivity contribution in [2.24, 2.45) is 0 Å². The van der Waals surface area contributed by atoms with E-state index >= 15 is 0 Å². The molecular weight excluding hydrogens is 526 g/mol. The Labute approximate surface area is 216 Å². The van der Waals surface area contributed by atoms with Crippen LogP contribution in [0.25, 0.3) is 0 Å². The molecule has 4 rings (SSSR count). The summed E-state index contributed by atoms with van der Waals surface area (Å²) in [6.45, 7) is 4.99. The van der Waals surface area contributed by atoms with Crippen LogP contribution in [0, 0.1) is 6.92 Å². The van der Waals surface area contributed by atoms with Gasteiger partial charge in [-0.05, 0) is 80.4 Å². The molecule has 6 nitrogen and oxygen atoms in total. The number of benzene rings is 3. The van der Waals surface area contributed by atoms with Crippen LogP contribution < -0.4 is 9.62 Å². The minimum atomic E-state index is -3.94. The van der Waals surface area contributed by atoms with E-state index in [0.717, 1.165) is 39.5 Å². The van der Waals surface area contributed by atoms with Gasteiger partial charge in [0.15, 0.2) is 0 Å². The van der Waals surface area contributed by atoms with Gasteiger partial charge in [-0.15, -0.1) is 0 Å². The zero-order valence-corrected chi connectivity index (χ0v) is 22.2. The van der Waals surface area contributed by atoms with Gasteiger partial charge in [0.1, 0.15) is 6.54 Å². The highest BCUT2D eigenvalue weighted by Crippen LogP contribution is 2.25. The van der Waals surface area contributed by atoms with E-state index in [-0.39, 0.29) is 17.3 Å². The Balaban J connectivity index is 1.51. The highest BCUT2D eigenvalue weighted by atomic mass is 79.9. The number of halogens is 1. The van der Waals surface area contributed by atoms with Crippen LogP contribution in [0.15, 0.2) is 82.2 Å². The third kappa shape index (κ3) is 6.51. The molecule has 3 aromatic rings. The molecule has 8 heteroatoms.